The van der Waals surface area contributed by atoms with Crippen LogP contribution in [0.4, 0.5) is 4.39 Å². The van der Waals surface area contributed by atoms with Crippen LogP contribution in [0.1, 0.15) is 11.1 Å². The van der Waals surface area contributed by atoms with E-state index in [1.807, 2.05) is 0 Å². The topological polar surface area (TPSA) is 26.0 Å². The van der Waals surface area contributed by atoms with Gasteiger partial charge in [-0.15, -0.1) is 0 Å². The minimum absolute atomic E-state index is 0.213. The molecule has 1 aromatic carbocycles. The van der Waals surface area contributed by atoms with Crippen molar-refractivity contribution in [1.29, 1.82) is 0 Å². The highest BCUT2D eigenvalue weighted by atomic mass is 19.1. The van der Waals surface area contributed by atoms with Gasteiger partial charge < -0.3 is 5.73 Å². The molecule has 0 unspecified atom stereocenters. The minimum Gasteiger partial charge on any atom is -0.399 e. The van der Waals surface area contributed by atoms with E-state index in [9.17, 15) is 4.39 Å². The second-order valence-electron chi connectivity index (χ2n) is 2.49. The third kappa shape index (κ3) is 1.58. The molecule has 0 saturated heterocycles. The van der Waals surface area contributed by atoms with Crippen LogP contribution >= 0.6 is 0 Å². The first-order valence-corrected chi connectivity index (χ1v) is 3.32. The Morgan fingerprint density at radius 2 is 2.18 bits per heavy atom. The van der Waals surface area contributed by atoms with E-state index in [-0.39, 0.29) is 5.82 Å². The highest BCUT2D eigenvalue weighted by molar-refractivity contribution is 5.60. The van der Waals surface area contributed by atoms with Gasteiger partial charge in [-0.2, -0.15) is 0 Å². The Hall–Kier alpha value is -1.31. The predicted octanol–water partition coefficient (Wildman–Crippen LogP) is 2.06. The number of nitrogens with two attached hydrogens (primary N) is 1. The fourth-order valence-electron chi connectivity index (χ4n) is 0.844. The Morgan fingerprint density at radius 1 is 1.55 bits per heavy atom. The molecule has 0 heterocycles. The Labute approximate surface area is 65.3 Å². The van der Waals surface area contributed by atoms with Crippen molar-refractivity contribution in [3.05, 3.63) is 41.7 Å². The van der Waals surface area contributed by atoms with Gasteiger partial charge in [-0.05, 0) is 30.2 Å². The lowest BCUT2D eigenvalue weighted by molar-refractivity contribution is 0.618. The molecule has 0 aromatic heterocycles. The van der Waals surface area contributed by atoms with Crippen LogP contribution in [0.3, 0.4) is 0 Å². The van der Waals surface area contributed by atoms with E-state index in [0.717, 1.165) is 5.56 Å². The van der Waals surface area contributed by atoms with Crippen molar-refractivity contribution in [3.8, 4) is 0 Å². The van der Waals surface area contributed by atoms with Crippen molar-refractivity contribution in [3.63, 3.8) is 0 Å². The van der Waals surface area contributed by atoms with Gasteiger partial charge in [-0.3, -0.25) is 0 Å². The van der Waals surface area contributed by atoms with Crippen LogP contribution in [-0.2, 0) is 0 Å². The Balaban J connectivity index is 3.15. The van der Waals surface area contributed by atoms with Gasteiger partial charge in [0.1, 0.15) is 5.82 Å². The molecule has 0 aliphatic heterocycles. The SMILES string of the molecule is C=C(N)c1ccc(F)c(C)c1. The van der Waals surface area contributed by atoms with Gasteiger partial charge in [-0.1, -0.05) is 12.6 Å². The number of halogens is 1. The average Bonchev–Trinajstić information content (AvgIpc) is 1.94. The predicted molar refractivity (Wildman–Crippen MR) is 44.4 cm³/mol. The number of hydrogen-bond donors (Lipinski definition) is 1. The third-order valence-electron chi connectivity index (χ3n) is 1.53. The van der Waals surface area contributed by atoms with Crippen molar-refractivity contribution >= 4 is 5.70 Å². The van der Waals surface area contributed by atoms with Crippen LogP contribution in [-0.4, -0.2) is 0 Å². The lowest BCUT2D eigenvalue weighted by atomic mass is 10.1. The summed E-state index contributed by atoms with van der Waals surface area (Å²) in [6.07, 6.45) is 0. The molecule has 1 aromatic rings. The van der Waals surface area contributed by atoms with Crippen LogP contribution in [0, 0.1) is 12.7 Å². The summed E-state index contributed by atoms with van der Waals surface area (Å²) in [5.41, 5.74) is 7.25. The van der Waals surface area contributed by atoms with Crippen molar-refractivity contribution < 1.29 is 4.39 Å². The molecule has 1 nitrogen and oxygen atoms in total. The van der Waals surface area contributed by atoms with E-state index in [1.54, 1.807) is 19.1 Å². The first-order chi connectivity index (χ1) is 5.11. The Morgan fingerprint density at radius 3 is 2.64 bits per heavy atom. The van der Waals surface area contributed by atoms with Crippen LogP contribution in [0.5, 0.6) is 0 Å². The Bertz CT molecular complexity index is 292. The maximum absolute atomic E-state index is 12.7. The molecule has 58 valence electrons. The molecule has 0 aliphatic rings. The maximum Gasteiger partial charge on any atom is 0.126 e. The van der Waals surface area contributed by atoms with E-state index < -0.39 is 0 Å². The molecule has 0 spiro atoms. The molecular weight excluding hydrogens is 141 g/mol. The number of benzene rings is 1. The molecule has 0 fully saturated rings. The largest absolute Gasteiger partial charge is 0.399 e. The summed E-state index contributed by atoms with van der Waals surface area (Å²) in [7, 11) is 0. The first kappa shape index (κ1) is 7.79. The normalized spacial score (nSPS) is 9.64. The van der Waals surface area contributed by atoms with Crippen LogP contribution < -0.4 is 5.73 Å². The van der Waals surface area contributed by atoms with E-state index >= 15 is 0 Å². The molecule has 11 heavy (non-hydrogen) atoms. The molecule has 0 amide bonds. The number of aryl methyl sites for hydroxylation is 1. The summed E-state index contributed by atoms with van der Waals surface area (Å²) in [4.78, 5) is 0. The standard InChI is InChI=1S/C9H10FN/c1-6-5-8(7(2)11)3-4-9(6)10/h3-5H,2,11H2,1H3. The van der Waals surface area contributed by atoms with E-state index in [2.05, 4.69) is 6.58 Å². The van der Waals surface area contributed by atoms with Gasteiger partial charge in [0, 0.05) is 5.70 Å². The van der Waals surface area contributed by atoms with Crippen LogP contribution in [0.15, 0.2) is 24.8 Å². The van der Waals surface area contributed by atoms with Gasteiger partial charge in [0.25, 0.3) is 0 Å². The zero-order valence-corrected chi connectivity index (χ0v) is 6.39. The first-order valence-electron chi connectivity index (χ1n) is 3.32. The van der Waals surface area contributed by atoms with Crippen molar-refractivity contribution in [1.82, 2.24) is 0 Å². The molecule has 2 heteroatoms. The summed E-state index contributed by atoms with van der Waals surface area (Å²) in [5.74, 6) is -0.213. The zero-order chi connectivity index (χ0) is 8.43. The van der Waals surface area contributed by atoms with Gasteiger partial charge in [0.05, 0.1) is 0 Å². The summed E-state index contributed by atoms with van der Waals surface area (Å²) in [5, 5.41) is 0. The summed E-state index contributed by atoms with van der Waals surface area (Å²) in [6, 6.07) is 4.69. The van der Waals surface area contributed by atoms with Crippen LogP contribution in [0.25, 0.3) is 5.70 Å². The number of rotatable bonds is 1. The van der Waals surface area contributed by atoms with Gasteiger partial charge in [0.15, 0.2) is 0 Å². The van der Waals surface area contributed by atoms with Gasteiger partial charge in [0.2, 0.25) is 0 Å². The molecule has 1 rings (SSSR count). The van der Waals surface area contributed by atoms with Crippen molar-refractivity contribution in [2.24, 2.45) is 5.73 Å². The van der Waals surface area contributed by atoms with Crippen molar-refractivity contribution in [2.75, 3.05) is 0 Å². The maximum atomic E-state index is 12.7. The number of hydrogen-bond acceptors (Lipinski definition) is 1. The molecule has 2 N–H and O–H groups in total. The third-order valence-corrected chi connectivity index (χ3v) is 1.53. The summed E-state index contributed by atoms with van der Waals surface area (Å²) < 4.78 is 12.7. The van der Waals surface area contributed by atoms with E-state index in [1.165, 1.54) is 6.07 Å². The average molecular weight is 151 g/mol. The van der Waals surface area contributed by atoms with Gasteiger partial charge >= 0.3 is 0 Å². The van der Waals surface area contributed by atoms with Crippen molar-refractivity contribution in [2.45, 2.75) is 6.92 Å². The molecule has 0 saturated carbocycles. The monoisotopic (exact) mass is 151 g/mol. The molecule has 0 radical (unpaired) electrons. The molecule has 0 bridgehead atoms. The second-order valence-corrected chi connectivity index (χ2v) is 2.49. The lowest BCUT2D eigenvalue weighted by Gasteiger charge is -2.01. The Kier molecular flexibility index (Phi) is 1.94. The van der Waals surface area contributed by atoms with E-state index in [4.69, 9.17) is 5.73 Å². The smallest absolute Gasteiger partial charge is 0.126 e. The molecular formula is C9H10FN. The molecule has 0 atom stereocenters. The van der Waals surface area contributed by atoms with Crippen LogP contribution in [0.2, 0.25) is 0 Å². The quantitative estimate of drug-likeness (QED) is 0.653. The van der Waals surface area contributed by atoms with E-state index in [0.29, 0.717) is 11.3 Å². The van der Waals surface area contributed by atoms with Gasteiger partial charge in [-0.25, -0.2) is 4.39 Å². The zero-order valence-electron chi connectivity index (χ0n) is 6.39. The fourth-order valence-corrected chi connectivity index (χ4v) is 0.844. The molecule has 0 aliphatic carbocycles. The highest BCUT2D eigenvalue weighted by Gasteiger charge is 1.98. The summed E-state index contributed by atoms with van der Waals surface area (Å²) in [6.45, 7) is 5.25. The second kappa shape index (κ2) is 2.74. The highest BCUT2D eigenvalue weighted by Crippen LogP contribution is 2.12. The fraction of sp³-hybridized carbons (Fsp3) is 0.111. The summed E-state index contributed by atoms with van der Waals surface area (Å²) >= 11 is 0. The lowest BCUT2D eigenvalue weighted by Crippen LogP contribution is -1.94. The minimum atomic E-state index is -0.213.